The predicted molar refractivity (Wildman–Crippen MR) is 50.3 cm³/mol. The van der Waals surface area contributed by atoms with E-state index in [0.29, 0.717) is 12.7 Å². The number of unbranched alkanes of at least 4 members (excludes halogenated alkanes) is 3. The third-order valence-electron chi connectivity index (χ3n) is 1.71. The van der Waals surface area contributed by atoms with E-state index in [2.05, 4.69) is 6.92 Å². The first kappa shape index (κ1) is 14.0. The van der Waals surface area contributed by atoms with Crippen molar-refractivity contribution in [3.05, 3.63) is 12.3 Å². The van der Waals surface area contributed by atoms with Crippen LogP contribution < -0.4 is 0 Å². The van der Waals surface area contributed by atoms with Gasteiger partial charge in [-0.2, -0.15) is 13.2 Å². The van der Waals surface area contributed by atoms with Gasteiger partial charge in [0.1, 0.15) is 0 Å². The molecule has 2 nitrogen and oxygen atoms in total. The monoisotopic (exact) mass is 224 g/mol. The summed E-state index contributed by atoms with van der Waals surface area (Å²) in [4.78, 5) is 10.3. The fourth-order valence-corrected chi connectivity index (χ4v) is 0.885. The Morgan fingerprint density at radius 3 is 2.47 bits per heavy atom. The van der Waals surface area contributed by atoms with Gasteiger partial charge in [-0.15, -0.1) is 0 Å². The third kappa shape index (κ3) is 8.03. The minimum absolute atomic E-state index is 0.349. The zero-order valence-corrected chi connectivity index (χ0v) is 8.64. The summed E-state index contributed by atoms with van der Waals surface area (Å²) in [7, 11) is 0. The molecule has 0 unspecified atom stereocenters. The van der Waals surface area contributed by atoms with Crippen LogP contribution >= 0.6 is 0 Å². The van der Waals surface area contributed by atoms with Gasteiger partial charge >= 0.3 is 6.18 Å². The number of rotatable bonds is 7. The lowest BCUT2D eigenvalue weighted by atomic mass is 10.2. The summed E-state index contributed by atoms with van der Waals surface area (Å²) < 4.78 is 39.8. The number of ketones is 1. The van der Waals surface area contributed by atoms with E-state index in [1.165, 1.54) is 0 Å². The molecule has 0 rings (SSSR count). The van der Waals surface area contributed by atoms with Crippen molar-refractivity contribution < 1.29 is 22.7 Å². The Kier molecular flexibility index (Phi) is 6.83. The number of allylic oxidation sites excluding steroid dienone is 1. The molecular weight excluding hydrogens is 209 g/mol. The summed E-state index contributed by atoms with van der Waals surface area (Å²) in [6.45, 7) is 2.41. The minimum Gasteiger partial charge on any atom is -0.501 e. The molecule has 0 aliphatic rings. The molecular formula is C10H15F3O2. The van der Waals surface area contributed by atoms with Crippen molar-refractivity contribution in [2.45, 2.75) is 38.8 Å². The highest BCUT2D eigenvalue weighted by atomic mass is 19.4. The lowest BCUT2D eigenvalue weighted by Gasteiger charge is -2.01. The second-order valence-corrected chi connectivity index (χ2v) is 3.10. The minimum atomic E-state index is -4.80. The van der Waals surface area contributed by atoms with Crippen molar-refractivity contribution >= 4 is 5.78 Å². The highest BCUT2D eigenvalue weighted by Crippen LogP contribution is 2.16. The van der Waals surface area contributed by atoms with Crippen molar-refractivity contribution in [2.24, 2.45) is 0 Å². The number of hydrogen-bond donors (Lipinski definition) is 0. The molecule has 0 aromatic carbocycles. The predicted octanol–water partition coefficient (Wildman–Crippen LogP) is 3.23. The first-order valence-electron chi connectivity index (χ1n) is 4.87. The summed E-state index contributed by atoms with van der Waals surface area (Å²) in [6, 6.07) is 0. The molecule has 0 aliphatic carbocycles. The molecule has 0 amide bonds. The van der Waals surface area contributed by atoms with E-state index < -0.39 is 12.0 Å². The maximum absolute atomic E-state index is 11.7. The van der Waals surface area contributed by atoms with E-state index in [-0.39, 0.29) is 0 Å². The summed E-state index contributed by atoms with van der Waals surface area (Å²) in [5, 5.41) is 0. The molecule has 0 aliphatic heterocycles. The van der Waals surface area contributed by atoms with Crippen molar-refractivity contribution in [3.63, 3.8) is 0 Å². The highest BCUT2D eigenvalue weighted by Gasteiger charge is 2.36. The molecule has 15 heavy (non-hydrogen) atoms. The van der Waals surface area contributed by atoms with E-state index >= 15 is 0 Å². The van der Waals surface area contributed by atoms with E-state index in [1.807, 2.05) is 0 Å². The zero-order chi connectivity index (χ0) is 11.7. The Morgan fingerprint density at radius 1 is 1.27 bits per heavy atom. The van der Waals surface area contributed by atoms with Gasteiger partial charge in [-0.05, 0) is 6.42 Å². The van der Waals surface area contributed by atoms with Gasteiger partial charge in [-0.3, -0.25) is 4.79 Å². The van der Waals surface area contributed by atoms with E-state index in [4.69, 9.17) is 4.74 Å². The first-order valence-corrected chi connectivity index (χ1v) is 4.87. The topological polar surface area (TPSA) is 26.3 Å². The number of carbonyl (C=O) groups excluding carboxylic acids is 1. The summed E-state index contributed by atoms with van der Waals surface area (Å²) in [5.41, 5.74) is 0. The van der Waals surface area contributed by atoms with Crippen LogP contribution in [0.4, 0.5) is 13.2 Å². The lowest BCUT2D eigenvalue weighted by Crippen LogP contribution is -2.19. The highest BCUT2D eigenvalue weighted by molar-refractivity contribution is 5.94. The van der Waals surface area contributed by atoms with E-state index in [9.17, 15) is 18.0 Å². The van der Waals surface area contributed by atoms with Crippen LogP contribution in [0, 0.1) is 0 Å². The fraction of sp³-hybridized carbons (Fsp3) is 0.700. The van der Waals surface area contributed by atoms with Gasteiger partial charge < -0.3 is 4.74 Å². The maximum atomic E-state index is 11.7. The molecule has 0 aromatic heterocycles. The molecule has 0 atom stereocenters. The molecule has 0 N–H and O–H groups in total. The van der Waals surface area contributed by atoms with Crippen LogP contribution in [-0.2, 0) is 9.53 Å². The fourth-order valence-electron chi connectivity index (χ4n) is 0.885. The van der Waals surface area contributed by atoms with Gasteiger partial charge in [-0.25, -0.2) is 0 Å². The molecule has 0 spiro atoms. The van der Waals surface area contributed by atoms with Crippen LogP contribution in [0.1, 0.15) is 32.6 Å². The van der Waals surface area contributed by atoms with Gasteiger partial charge in [0, 0.05) is 6.08 Å². The average molecular weight is 224 g/mol. The van der Waals surface area contributed by atoms with Crippen molar-refractivity contribution in [1.82, 2.24) is 0 Å². The van der Waals surface area contributed by atoms with Gasteiger partial charge in [0.05, 0.1) is 12.9 Å². The van der Waals surface area contributed by atoms with Crippen molar-refractivity contribution in [3.8, 4) is 0 Å². The maximum Gasteiger partial charge on any atom is 0.454 e. The molecule has 0 saturated heterocycles. The Labute approximate surface area is 87.1 Å². The van der Waals surface area contributed by atoms with Crippen LogP contribution in [0.15, 0.2) is 12.3 Å². The van der Waals surface area contributed by atoms with Crippen molar-refractivity contribution in [2.75, 3.05) is 6.61 Å². The normalized spacial score (nSPS) is 12.0. The lowest BCUT2D eigenvalue weighted by molar-refractivity contribution is -0.165. The average Bonchev–Trinajstić information content (AvgIpc) is 2.14. The molecule has 0 bridgehead atoms. The number of alkyl halides is 3. The number of carbonyl (C=O) groups is 1. The van der Waals surface area contributed by atoms with E-state index in [1.54, 1.807) is 0 Å². The summed E-state index contributed by atoms with van der Waals surface area (Å²) in [5.74, 6) is -1.89. The van der Waals surface area contributed by atoms with Crippen LogP contribution in [0.3, 0.4) is 0 Å². The number of hydrogen-bond acceptors (Lipinski definition) is 2. The number of ether oxygens (including phenoxy) is 1. The summed E-state index contributed by atoms with van der Waals surface area (Å²) in [6.07, 6.45) is 0.344. The molecule has 0 radical (unpaired) electrons. The molecule has 0 heterocycles. The first-order chi connectivity index (χ1) is 6.98. The van der Waals surface area contributed by atoms with Crippen LogP contribution in [0.25, 0.3) is 0 Å². The van der Waals surface area contributed by atoms with Gasteiger partial charge in [0.25, 0.3) is 5.78 Å². The van der Waals surface area contributed by atoms with Gasteiger partial charge in [0.2, 0.25) is 0 Å². The molecule has 88 valence electrons. The Hall–Kier alpha value is -1.00. The second-order valence-electron chi connectivity index (χ2n) is 3.10. The SMILES string of the molecule is CCCCCCOC=CC(=O)C(F)(F)F. The molecule has 5 heteroatoms. The summed E-state index contributed by atoms with van der Waals surface area (Å²) >= 11 is 0. The Bertz CT molecular complexity index is 209. The zero-order valence-electron chi connectivity index (χ0n) is 8.64. The van der Waals surface area contributed by atoms with Gasteiger partial charge in [0.15, 0.2) is 0 Å². The van der Waals surface area contributed by atoms with Crippen molar-refractivity contribution in [1.29, 1.82) is 0 Å². The third-order valence-corrected chi connectivity index (χ3v) is 1.71. The largest absolute Gasteiger partial charge is 0.501 e. The van der Waals surface area contributed by atoms with Crippen LogP contribution in [0.5, 0.6) is 0 Å². The smallest absolute Gasteiger partial charge is 0.454 e. The molecule has 0 saturated carbocycles. The van der Waals surface area contributed by atoms with E-state index in [0.717, 1.165) is 31.9 Å². The Balaban J connectivity index is 3.51. The quantitative estimate of drug-likeness (QED) is 0.377. The standard InChI is InChI=1S/C10H15F3O2/c1-2-3-4-5-7-15-8-6-9(14)10(11,12)13/h6,8H,2-5,7H2,1H3. The molecule has 0 aromatic rings. The Morgan fingerprint density at radius 2 is 1.93 bits per heavy atom. The molecule has 0 fully saturated rings. The number of halogens is 3. The van der Waals surface area contributed by atoms with Gasteiger partial charge in [-0.1, -0.05) is 26.2 Å². The van der Waals surface area contributed by atoms with Crippen LogP contribution in [0.2, 0.25) is 0 Å². The second kappa shape index (κ2) is 7.31. The van der Waals surface area contributed by atoms with Crippen LogP contribution in [-0.4, -0.2) is 18.6 Å².